The van der Waals surface area contributed by atoms with E-state index in [2.05, 4.69) is 11.1 Å². The number of rotatable bonds is 3. The van der Waals surface area contributed by atoms with Crippen molar-refractivity contribution in [2.45, 2.75) is 0 Å². The van der Waals surface area contributed by atoms with Crippen molar-refractivity contribution in [2.24, 2.45) is 0 Å². The van der Waals surface area contributed by atoms with Gasteiger partial charge in [0.05, 0.1) is 10.5 Å². The number of nitro groups is 1. The van der Waals surface area contributed by atoms with Gasteiger partial charge in [0.15, 0.2) is 0 Å². The van der Waals surface area contributed by atoms with Crippen molar-refractivity contribution in [3.05, 3.63) is 89.0 Å². The number of H-pyrrole nitrogens is 1. The average Bonchev–Trinajstić information content (AvgIpc) is 3.05. The van der Waals surface area contributed by atoms with Crippen molar-refractivity contribution in [1.29, 1.82) is 0 Å². The molecule has 0 atom stereocenters. The second kappa shape index (κ2) is 5.66. The largest absolute Gasteiger partial charge is 0.355 e. The molecule has 4 heteroatoms. The standard InChI is InChI=1S/C20H14N2O2/c23-22(24)20-9-5-4-8-17(20)15-10-11-18-16(12-15)13-19(21-18)14-6-2-1-3-7-14/h1-13,21H. The van der Waals surface area contributed by atoms with E-state index in [1.807, 2.05) is 54.6 Å². The van der Waals surface area contributed by atoms with E-state index >= 15 is 0 Å². The number of hydrogen-bond acceptors (Lipinski definition) is 2. The molecule has 0 spiro atoms. The Labute approximate surface area is 138 Å². The zero-order valence-electron chi connectivity index (χ0n) is 12.8. The molecular weight excluding hydrogens is 300 g/mol. The highest BCUT2D eigenvalue weighted by Crippen LogP contribution is 2.33. The van der Waals surface area contributed by atoms with Crippen molar-refractivity contribution in [2.75, 3.05) is 0 Å². The van der Waals surface area contributed by atoms with E-state index in [1.54, 1.807) is 12.1 Å². The van der Waals surface area contributed by atoms with Gasteiger partial charge in [-0.3, -0.25) is 10.1 Å². The smallest absolute Gasteiger partial charge is 0.277 e. The molecule has 0 fully saturated rings. The Balaban J connectivity index is 1.84. The number of hydrogen-bond donors (Lipinski definition) is 1. The van der Waals surface area contributed by atoms with E-state index in [1.165, 1.54) is 6.07 Å². The van der Waals surface area contributed by atoms with Crippen LogP contribution in [0.5, 0.6) is 0 Å². The molecular formula is C20H14N2O2. The Bertz CT molecular complexity index is 1040. The first-order valence-corrected chi connectivity index (χ1v) is 7.64. The lowest BCUT2D eigenvalue weighted by Crippen LogP contribution is -1.91. The van der Waals surface area contributed by atoms with Gasteiger partial charge in [0, 0.05) is 22.7 Å². The van der Waals surface area contributed by atoms with Crippen LogP contribution in [0.2, 0.25) is 0 Å². The van der Waals surface area contributed by atoms with E-state index in [4.69, 9.17) is 0 Å². The number of nitro benzene ring substituents is 1. The zero-order chi connectivity index (χ0) is 16.5. The highest BCUT2D eigenvalue weighted by Gasteiger charge is 2.14. The SMILES string of the molecule is O=[N+]([O-])c1ccccc1-c1ccc2[nH]c(-c3ccccc3)cc2c1. The molecule has 4 aromatic rings. The number of aromatic nitrogens is 1. The maximum Gasteiger partial charge on any atom is 0.277 e. The highest BCUT2D eigenvalue weighted by atomic mass is 16.6. The number of fused-ring (bicyclic) bond motifs is 1. The van der Waals surface area contributed by atoms with E-state index < -0.39 is 0 Å². The Morgan fingerprint density at radius 2 is 1.54 bits per heavy atom. The summed E-state index contributed by atoms with van der Waals surface area (Å²) in [5.74, 6) is 0. The van der Waals surface area contributed by atoms with Crippen LogP contribution in [0.25, 0.3) is 33.3 Å². The topological polar surface area (TPSA) is 58.9 Å². The van der Waals surface area contributed by atoms with Crippen LogP contribution in [0.4, 0.5) is 5.69 Å². The fourth-order valence-electron chi connectivity index (χ4n) is 2.95. The Hall–Kier alpha value is -3.40. The summed E-state index contributed by atoms with van der Waals surface area (Å²) in [4.78, 5) is 14.3. The molecule has 24 heavy (non-hydrogen) atoms. The second-order valence-electron chi connectivity index (χ2n) is 5.63. The lowest BCUT2D eigenvalue weighted by atomic mass is 10.0. The summed E-state index contributed by atoms with van der Waals surface area (Å²) in [5, 5.41) is 12.3. The lowest BCUT2D eigenvalue weighted by molar-refractivity contribution is -0.384. The van der Waals surface area contributed by atoms with Crippen molar-refractivity contribution in [3.63, 3.8) is 0 Å². The van der Waals surface area contributed by atoms with Gasteiger partial charge in [0.1, 0.15) is 0 Å². The van der Waals surface area contributed by atoms with E-state index in [0.29, 0.717) is 5.56 Å². The molecule has 1 N–H and O–H groups in total. The highest BCUT2D eigenvalue weighted by molar-refractivity contribution is 5.90. The zero-order valence-corrected chi connectivity index (χ0v) is 12.8. The van der Waals surface area contributed by atoms with Crippen molar-refractivity contribution in [1.82, 2.24) is 4.98 Å². The van der Waals surface area contributed by atoms with E-state index in [-0.39, 0.29) is 10.6 Å². The summed E-state index contributed by atoms with van der Waals surface area (Å²) >= 11 is 0. The molecule has 0 saturated carbocycles. The molecule has 0 saturated heterocycles. The molecule has 0 aliphatic heterocycles. The van der Waals surface area contributed by atoms with Gasteiger partial charge in [0.2, 0.25) is 0 Å². The van der Waals surface area contributed by atoms with Crippen molar-refractivity contribution < 1.29 is 4.92 Å². The number of nitrogens with zero attached hydrogens (tertiary/aromatic N) is 1. The maximum atomic E-state index is 11.2. The van der Waals surface area contributed by atoms with E-state index in [0.717, 1.165) is 27.7 Å². The third-order valence-corrected chi connectivity index (χ3v) is 4.12. The Morgan fingerprint density at radius 3 is 2.33 bits per heavy atom. The minimum Gasteiger partial charge on any atom is -0.355 e. The van der Waals surface area contributed by atoms with Gasteiger partial charge >= 0.3 is 0 Å². The Morgan fingerprint density at radius 1 is 0.792 bits per heavy atom. The monoisotopic (exact) mass is 314 g/mol. The third-order valence-electron chi connectivity index (χ3n) is 4.12. The first-order chi connectivity index (χ1) is 11.7. The van der Waals surface area contributed by atoms with Gasteiger partial charge in [-0.05, 0) is 35.4 Å². The fourth-order valence-corrected chi connectivity index (χ4v) is 2.95. The molecule has 0 bridgehead atoms. The first-order valence-electron chi connectivity index (χ1n) is 7.64. The summed E-state index contributed by atoms with van der Waals surface area (Å²) in [6.07, 6.45) is 0. The van der Waals surface area contributed by atoms with Gasteiger partial charge in [-0.2, -0.15) is 0 Å². The quantitative estimate of drug-likeness (QED) is 0.406. The predicted molar refractivity (Wildman–Crippen MR) is 95.8 cm³/mol. The minimum atomic E-state index is -0.341. The van der Waals surface area contributed by atoms with Gasteiger partial charge in [-0.15, -0.1) is 0 Å². The minimum absolute atomic E-state index is 0.121. The molecule has 116 valence electrons. The summed E-state index contributed by atoms with van der Waals surface area (Å²) in [7, 11) is 0. The molecule has 3 aromatic carbocycles. The second-order valence-corrected chi connectivity index (χ2v) is 5.63. The van der Waals surface area contributed by atoms with Gasteiger partial charge in [-0.25, -0.2) is 0 Å². The third kappa shape index (κ3) is 2.44. The molecule has 0 amide bonds. The number of nitrogens with one attached hydrogen (secondary N) is 1. The fraction of sp³-hybridized carbons (Fsp3) is 0. The molecule has 0 radical (unpaired) electrons. The molecule has 0 unspecified atom stereocenters. The van der Waals surface area contributed by atoms with E-state index in [9.17, 15) is 10.1 Å². The predicted octanol–water partition coefficient (Wildman–Crippen LogP) is 5.41. The van der Waals surface area contributed by atoms with Crippen LogP contribution in [0, 0.1) is 10.1 Å². The summed E-state index contributed by atoms with van der Waals surface area (Å²) in [6.45, 7) is 0. The molecule has 1 heterocycles. The number of para-hydroxylation sites is 1. The summed E-state index contributed by atoms with van der Waals surface area (Å²) in [5.41, 5.74) is 4.75. The number of benzene rings is 3. The molecule has 0 aliphatic carbocycles. The molecule has 4 nitrogen and oxygen atoms in total. The first kappa shape index (κ1) is 14.2. The Kier molecular flexibility index (Phi) is 3.35. The molecule has 0 aliphatic rings. The lowest BCUT2D eigenvalue weighted by Gasteiger charge is -2.03. The molecule has 4 rings (SSSR count). The van der Waals surface area contributed by atoms with Gasteiger partial charge < -0.3 is 4.98 Å². The molecule has 1 aromatic heterocycles. The summed E-state index contributed by atoms with van der Waals surface area (Å²) < 4.78 is 0. The maximum absolute atomic E-state index is 11.2. The van der Waals surface area contributed by atoms with Crippen LogP contribution in [-0.4, -0.2) is 9.91 Å². The van der Waals surface area contributed by atoms with Crippen molar-refractivity contribution >= 4 is 16.6 Å². The van der Waals surface area contributed by atoms with Crippen LogP contribution in [0.1, 0.15) is 0 Å². The number of aromatic amines is 1. The normalized spacial score (nSPS) is 10.8. The van der Waals surface area contributed by atoms with Crippen molar-refractivity contribution in [3.8, 4) is 22.4 Å². The van der Waals surface area contributed by atoms with Crippen LogP contribution < -0.4 is 0 Å². The summed E-state index contributed by atoms with van der Waals surface area (Å²) in [6, 6.07) is 24.8. The van der Waals surface area contributed by atoms with Gasteiger partial charge in [0.25, 0.3) is 5.69 Å². The average molecular weight is 314 g/mol. The van der Waals surface area contributed by atoms with Gasteiger partial charge in [-0.1, -0.05) is 48.5 Å². The van der Waals surface area contributed by atoms with Crippen LogP contribution in [-0.2, 0) is 0 Å². The van der Waals surface area contributed by atoms with Crippen LogP contribution in [0.15, 0.2) is 78.9 Å². The van der Waals surface area contributed by atoms with Crippen LogP contribution in [0.3, 0.4) is 0 Å². The van der Waals surface area contributed by atoms with Crippen LogP contribution >= 0.6 is 0 Å².